The van der Waals surface area contributed by atoms with Crippen molar-refractivity contribution in [3.05, 3.63) is 83.9 Å². The molecule has 3 N–H and O–H groups in total. The SMILES string of the molecule is Cn1cnc(-c2cc(S(=O)(=O)NCCCCCOc3ccc4c(c3)CN(C3CCC(=O)NC3=O)C4=O)ccc2Nc2ccc(C(F)(F)F)cn2)c1. The van der Waals surface area contributed by atoms with Gasteiger partial charge in [-0.15, -0.1) is 0 Å². The molecule has 6 rings (SSSR count). The van der Waals surface area contributed by atoms with Gasteiger partial charge in [0.15, 0.2) is 0 Å². The quantitative estimate of drug-likeness (QED) is 0.133. The fourth-order valence-electron chi connectivity index (χ4n) is 5.86. The molecule has 17 heteroatoms. The minimum Gasteiger partial charge on any atom is -0.494 e. The summed E-state index contributed by atoms with van der Waals surface area (Å²) in [6, 6.07) is 10.9. The van der Waals surface area contributed by atoms with Crippen LogP contribution in [-0.4, -0.2) is 64.8 Å². The van der Waals surface area contributed by atoms with Crippen molar-refractivity contribution >= 4 is 39.3 Å². The van der Waals surface area contributed by atoms with Gasteiger partial charge in [-0.05, 0) is 79.8 Å². The Labute approximate surface area is 291 Å². The lowest BCUT2D eigenvalue weighted by Crippen LogP contribution is -2.52. The summed E-state index contributed by atoms with van der Waals surface area (Å²) >= 11 is 0. The highest BCUT2D eigenvalue weighted by atomic mass is 32.2. The zero-order chi connectivity index (χ0) is 36.3. The van der Waals surface area contributed by atoms with Gasteiger partial charge in [0, 0.05) is 55.8 Å². The number of imidazole rings is 1. The number of fused-ring (bicyclic) bond motifs is 1. The number of piperidine rings is 1. The monoisotopic (exact) mass is 725 g/mol. The van der Waals surface area contributed by atoms with Crippen LogP contribution in [0.3, 0.4) is 0 Å². The van der Waals surface area contributed by atoms with Crippen molar-refractivity contribution in [3.8, 4) is 17.0 Å². The van der Waals surface area contributed by atoms with Gasteiger partial charge in [-0.25, -0.2) is 23.1 Å². The lowest BCUT2D eigenvalue weighted by molar-refractivity contribution is -0.138. The summed E-state index contributed by atoms with van der Waals surface area (Å²) < 4.78 is 75.5. The summed E-state index contributed by atoms with van der Waals surface area (Å²) in [7, 11) is -2.17. The number of nitrogens with zero attached hydrogens (tertiary/aromatic N) is 4. The number of pyridine rings is 1. The number of ether oxygens (including phenoxy) is 1. The average Bonchev–Trinajstić information content (AvgIpc) is 3.66. The number of rotatable bonds is 13. The van der Waals surface area contributed by atoms with E-state index in [2.05, 4.69) is 25.3 Å². The van der Waals surface area contributed by atoms with Gasteiger partial charge < -0.3 is 19.5 Å². The van der Waals surface area contributed by atoms with Crippen molar-refractivity contribution in [1.82, 2.24) is 29.5 Å². The number of anilines is 2. The van der Waals surface area contributed by atoms with Gasteiger partial charge in [-0.3, -0.25) is 19.7 Å². The minimum absolute atomic E-state index is 0.0105. The first-order valence-electron chi connectivity index (χ1n) is 16.1. The van der Waals surface area contributed by atoms with Crippen molar-refractivity contribution in [1.29, 1.82) is 0 Å². The van der Waals surface area contributed by atoms with Crippen LogP contribution in [-0.2, 0) is 39.4 Å². The maximum atomic E-state index is 13.2. The third kappa shape index (κ3) is 8.20. The largest absolute Gasteiger partial charge is 0.494 e. The molecule has 1 unspecified atom stereocenters. The molecular formula is C34H34F3N7O6S. The number of hydrogen-bond donors (Lipinski definition) is 3. The van der Waals surface area contributed by atoms with E-state index in [1.165, 1.54) is 29.2 Å². The van der Waals surface area contributed by atoms with Gasteiger partial charge in [0.2, 0.25) is 21.8 Å². The second-order valence-electron chi connectivity index (χ2n) is 12.2. The Morgan fingerprint density at radius 1 is 1.00 bits per heavy atom. The van der Waals surface area contributed by atoms with E-state index in [1.54, 1.807) is 42.3 Å². The standard InChI is InChI=1S/C34H34F3N7O6S/c1-43-19-28(39-20-43)26-16-24(7-9-27(26)41-30-11-5-22(17-38-30)34(35,36)37)51(48,49)40-13-3-2-4-14-50-23-6-8-25-21(15-23)18-44(33(25)47)29-10-12-31(45)42-32(29)46/h5-9,11,15-17,19-20,29,40H,2-4,10,12-14,18H2,1H3,(H,38,41)(H,42,45,46). The first kappa shape index (κ1) is 35.5. The Hall–Kier alpha value is -5.29. The maximum absolute atomic E-state index is 13.2. The van der Waals surface area contributed by atoms with Gasteiger partial charge in [0.25, 0.3) is 5.91 Å². The molecule has 1 saturated heterocycles. The number of aryl methyl sites for hydroxylation is 1. The molecule has 0 saturated carbocycles. The number of imide groups is 1. The highest BCUT2D eigenvalue weighted by molar-refractivity contribution is 7.89. The van der Waals surface area contributed by atoms with Gasteiger partial charge in [-0.2, -0.15) is 13.2 Å². The van der Waals surface area contributed by atoms with E-state index in [0.29, 0.717) is 60.3 Å². The Balaban J connectivity index is 0.998. The second kappa shape index (κ2) is 14.5. The van der Waals surface area contributed by atoms with Crippen molar-refractivity contribution in [3.63, 3.8) is 0 Å². The van der Waals surface area contributed by atoms with Gasteiger partial charge >= 0.3 is 6.18 Å². The topological polar surface area (TPSA) is 165 Å². The molecule has 2 aliphatic heterocycles. The van der Waals surface area contributed by atoms with Crippen LogP contribution in [0.5, 0.6) is 5.75 Å². The highest BCUT2D eigenvalue weighted by Crippen LogP contribution is 2.34. The molecule has 1 fully saturated rings. The van der Waals surface area contributed by atoms with Crippen LogP contribution in [0.25, 0.3) is 11.3 Å². The van der Waals surface area contributed by atoms with Crippen LogP contribution in [0.15, 0.2) is 72.1 Å². The molecule has 2 aromatic heterocycles. The first-order chi connectivity index (χ1) is 24.3. The molecule has 0 bridgehead atoms. The lowest BCUT2D eigenvalue weighted by Gasteiger charge is -2.29. The van der Waals surface area contributed by atoms with Crippen LogP contribution in [0.1, 0.15) is 53.6 Å². The molecule has 4 heterocycles. The molecule has 0 radical (unpaired) electrons. The average molecular weight is 726 g/mol. The second-order valence-corrected chi connectivity index (χ2v) is 14.0. The zero-order valence-electron chi connectivity index (χ0n) is 27.4. The predicted molar refractivity (Wildman–Crippen MR) is 178 cm³/mol. The summed E-state index contributed by atoms with van der Waals surface area (Å²) in [5.41, 5.74) is 1.61. The number of carbonyl (C=O) groups is 3. The molecule has 2 aromatic carbocycles. The van der Waals surface area contributed by atoms with Gasteiger partial charge in [0.1, 0.15) is 17.6 Å². The van der Waals surface area contributed by atoms with E-state index in [1.807, 2.05) is 0 Å². The number of hydrogen-bond acceptors (Lipinski definition) is 9. The Morgan fingerprint density at radius 3 is 2.53 bits per heavy atom. The first-order valence-corrected chi connectivity index (χ1v) is 17.6. The maximum Gasteiger partial charge on any atom is 0.417 e. The molecule has 4 aromatic rings. The number of benzene rings is 2. The molecular weight excluding hydrogens is 691 g/mol. The molecule has 268 valence electrons. The number of alkyl halides is 3. The van der Waals surface area contributed by atoms with Crippen molar-refractivity contribution in [2.24, 2.45) is 7.05 Å². The molecule has 51 heavy (non-hydrogen) atoms. The number of aromatic nitrogens is 3. The normalized spacial score (nSPS) is 16.3. The number of nitrogens with one attached hydrogen (secondary N) is 3. The smallest absolute Gasteiger partial charge is 0.417 e. The van der Waals surface area contributed by atoms with E-state index >= 15 is 0 Å². The number of amides is 3. The fourth-order valence-corrected chi connectivity index (χ4v) is 6.96. The molecule has 3 amide bonds. The fraction of sp³-hybridized carbons (Fsp3) is 0.324. The number of sulfonamides is 1. The molecule has 0 aliphatic carbocycles. The Bertz CT molecular complexity index is 2070. The number of unbranched alkanes of at least 4 members (excludes halogenated alkanes) is 2. The predicted octanol–water partition coefficient (Wildman–Crippen LogP) is 4.53. The molecule has 0 spiro atoms. The van der Waals surface area contributed by atoms with Crippen LogP contribution in [0.4, 0.5) is 24.7 Å². The third-order valence-electron chi connectivity index (χ3n) is 8.51. The lowest BCUT2D eigenvalue weighted by atomic mass is 10.0. The van der Waals surface area contributed by atoms with Crippen LogP contribution in [0.2, 0.25) is 0 Å². The summed E-state index contributed by atoms with van der Waals surface area (Å²) in [5.74, 6) is -0.361. The number of halogens is 3. The van der Waals surface area contributed by atoms with Crippen LogP contribution < -0.4 is 20.1 Å². The summed E-state index contributed by atoms with van der Waals surface area (Å²) in [6.45, 7) is 0.788. The van der Waals surface area contributed by atoms with Crippen LogP contribution in [0, 0.1) is 0 Å². The van der Waals surface area contributed by atoms with Crippen LogP contribution >= 0.6 is 0 Å². The molecule has 2 aliphatic rings. The van der Waals surface area contributed by atoms with E-state index < -0.39 is 33.7 Å². The Morgan fingerprint density at radius 2 is 1.82 bits per heavy atom. The third-order valence-corrected chi connectivity index (χ3v) is 9.97. The summed E-state index contributed by atoms with van der Waals surface area (Å²) in [5, 5.41) is 5.24. The Kier molecular flexibility index (Phi) is 10.1. The molecule has 13 nitrogen and oxygen atoms in total. The molecule has 1 atom stereocenters. The van der Waals surface area contributed by atoms with Gasteiger partial charge in [0.05, 0.1) is 29.1 Å². The summed E-state index contributed by atoms with van der Waals surface area (Å²) in [6.07, 6.45) is 1.72. The van der Waals surface area contributed by atoms with E-state index in [0.717, 1.165) is 11.6 Å². The van der Waals surface area contributed by atoms with Crippen molar-refractivity contribution in [2.75, 3.05) is 18.5 Å². The number of carbonyl (C=O) groups excluding carboxylic acids is 3. The van der Waals surface area contributed by atoms with Gasteiger partial charge in [-0.1, -0.05) is 0 Å². The zero-order valence-corrected chi connectivity index (χ0v) is 28.2. The van der Waals surface area contributed by atoms with Crippen molar-refractivity contribution < 1.29 is 40.7 Å². The minimum atomic E-state index is -4.53. The highest BCUT2D eigenvalue weighted by Gasteiger charge is 2.39. The van der Waals surface area contributed by atoms with E-state index in [9.17, 15) is 36.0 Å². The summed E-state index contributed by atoms with van der Waals surface area (Å²) in [4.78, 5) is 46.3. The van der Waals surface area contributed by atoms with E-state index in [-0.39, 0.29) is 48.5 Å². The van der Waals surface area contributed by atoms with Crippen molar-refractivity contribution in [2.45, 2.75) is 55.8 Å². The van der Waals surface area contributed by atoms with E-state index in [4.69, 9.17) is 4.74 Å².